The number of hydrogen-bond acceptors (Lipinski definition) is 2. The fourth-order valence-corrected chi connectivity index (χ4v) is 4.17. The molecule has 3 aliphatic rings. The summed E-state index contributed by atoms with van der Waals surface area (Å²) in [6.45, 7) is 2.39. The van der Waals surface area contributed by atoms with Gasteiger partial charge in [0.15, 0.2) is 0 Å². The van der Waals surface area contributed by atoms with Crippen molar-refractivity contribution in [1.29, 1.82) is 0 Å². The maximum Gasteiger partial charge on any atom is 0.226 e. The predicted molar refractivity (Wildman–Crippen MR) is 92.2 cm³/mol. The third-order valence-corrected chi connectivity index (χ3v) is 6.10. The number of piperidine rings is 1. The molecule has 1 aromatic rings. The molecule has 4 heteroatoms. The molecule has 0 radical (unpaired) electrons. The topological polar surface area (TPSA) is 40.6 Å². The molecule has 2 saturated heterocycles. The summed E-state index contributed by atoms with van der Waals surface area (Å²) in [6, 6.07) is 10.6. The Morgan fingerprint density at radius 1 is 0.792 bits per heavy atom. The first-order chi connectivity index (χ1) is 11.7. The van der Waals surface area contributed by atoms with E-state index in [1.54, 1.807) is 0 Å². The molecule has 1 unspecified atom stereocenters. The monoisotopic (exact) mass is 326 g/mol. The first kappa shape index (κ1) is 15.7. The van der Waals surface area contributed by atoms with Crippen molar-refractivity contribution in [3.63, 3.8) is 0 Å². The molecule has 2 heterocycles. The van der Waals surface area contributed by atoms with Gasteiger partial charge in [-0.15, -0.1) is 0 Å². The van der Waals surface area contributed by atoms with Crippen molar-refractivity contribution in [2.24, 2.45) is 11.8 Å². The minimum atomic E-state index is 0.0990. The second-order valence-electron chi connectivity index (χ2n) is 7.47. The zero-order valence-corrected chi connectivity index (χ0v) is 14.2. The smallest absolute Gasteiger partial charge is 0.226 e. The van der Waals surface area contributed by atoms with Crippen LogP contribution in [0.15, 0.2) is 30.3 Å². The van der Waals surface area contributed by atoms with Crippen molar-refractivity contribution in [1.82, 2.24) is 9.80 Å². The SMILES string of the molecule is O=C(C1CCC1)N1CCC(C(=O)N2CCC2c2ccccc2)CC1. The van der Waals surface area contributed by atoms with Crippen LogP contribution in [0.4, 0.5) is 0 Å². The molecule has 0 bridgehead atoms. The lowest BCUT2D eigenvalue weighted by molar-refractivity contribution is -0.148. The zero-order chi connectivity index (χ0) is 16.5. The molecule has 1 aliphatic carbocycles. The van der Waals surface area contributed by atoms with Crippen molar-refractivity contribution in [3.8, 4) is 0 Å². The molecule has 0 aromatic heterocycles. The van der Waals surface area contributed by atoms with E-state index < -0.39 is 0 Å². The Balaban J connectivity index is 1.32. The van der Waals surface area contributed by atoms with E-state index in [-0.39, 0.29) is 17.9 Å². The largest absolute Gasteiger partial charge is 0.342 e. The van der Waals surface area contributed by atoms with E-state index >= 15 is 0 Å². The lowest BCUT2D eigenvalue weighted by Gasteiger charge is -2.44. The highest BCUT2D eigenvalue weighted by atomic mass is 16.2. The predicted octanol–water partition coefficient (Wildman–Crippen LogP) is 3.00. The molecular formula is C20H26N2O2. The average molecular weight is 326 g/mol. The molecule has 0 N–H and O–H groups in total. The van der Waals surface area contributed by atoms with E-state index in [4.69, 9.17) is 0 Å². The number of hydrogen-bond donors (Lipinski definition) is 0. The number of benzene rings is 1. The molecule has 1 aromatic carbocycles. The second-order valence-corrected chi connectivity index (χ2v) is 7.47. The number of amides is 2. The van der Waals surface area contributed by atoms with Crippen molar-refractivity contribution >= 4 is 11.8 Å². The van der Waals surface area contributed by atoms with E-state index in [1.165, 1.54) is 12.0 Å². The van der Waals surface area contributed by atoms with Gasteiger partial charge in [0.1, 0.15) is 0 Å². The van der Waals surface area contributed by atoms with E-state index in [1.807, 2.05) is 28.0 Å². The van der Waals surface area contributed by atoms with Crippen LogP contribution in [0, 0.1) is 11.8 Å². The highest BCUT2D eigenvalue weighted by Gasteiger charge is 2.39. The molecule has 2 amide bonds. The van der Waals surface area contributed by atoms with Gasteiger partial charge in [-0.05, 0) is 37.7 Å². The molecular weight excluding hydrogens is 300 g/mol. The Kier molecular flexibility index (Phi) is 4.30. The summed E-state index contributed by atoms with van der Waals surface area (Å²) in [4.78, 5) is 29.2. The molecule has 4 nitrogen and oxygen atoms in total. The summed E-state index contributed by atoms with van der Waals surface area (Å²) in [6.07, 6.45) is 6.04. The second kappa shape index (κ2) is 6.58. The molecule has 128 valence electrons. The normalized spacial score (nSPS) is 25.1. The van der Waals surface area contributed by atoms with Crippen LogP contribution in [0.2, 0.25) is 0 Å². The average Bonchev–Trinajstić information content (AvgIpc) is 2.53. The Bertz CT molecular complexity index is 603. The summed E-state index contributed by atoms with van der Waals surface area (Å²) in [7, 11) is 0. The Morgan fingerprint density at radius 2 is 1.46 bits per heavy atom. The van der Waals surface area contributed by atoms with Gasteiger partial charge in [0.05, 0.1) is 6.04 Å². The van der Waals surface area contributed by atoms with Crippen LogP contribution in [0.5, 0.6) is 0 Å². The molecule has 1 atom stereocenters. The summed E-state index contributed by atoms with van der Waals surface area (Å²) >= 11 is 0. The first-order valence-electron chi connectivity index (χ1n) is 9.38. The molecule has 2 aliphatic heterocycles. The van der Waals surface area contributed by atoms with Gasteiger partial charge in [0, 0.05) is 31.5 Å². The first-order valence-corrected chi connectivity index (χ1v) is 9.38. The van der Waals surface area contributed by atoms with E-state index in [9.17, 15) is 9.59 Å². The van der Waals surface area contributed by atoms with E-state index in [0.717, 1.165) is 51.7 Å². The van der Waals surface area contributed by atoms with E-state index in [2.05, 4.69) is 12.1 Å². The molecule has 24 heavy (non-hydrogen) atoms. The maximum absolute atomic E-state index is 12.9. The van der Waals surface area contributed by atoms with Crippen LogP contribution in [-0.2, 0) is 9.59 Å². The van der Waals surface area contributed by atoms with Crippen LogP contribution in [0.3, 0.4) is 0 Å². The van der Waals surface area contributed by atoms with Crippen LogP contribution >= 0.6 is 0 Å². The van der Waals surface area contributed by atoms with Crippen LogP contribution in [0.25, 0.3) is 0 Å². The van der Waals surface area contributed by atoms with Gasteiger partial charge in [0.2, 0.25) is 11.8 Å². The molecule has 3 fully saturated rings. The van der Waals surface area contributed by atoms with Crippen molar-refractivity contribution in [3.05, 3.63) is 35.9 Å². The number of likely N-dealkylation sites (tertiary alicyclic amines) is 2. The molecule has 0 spiro atoms. The molecule has 1 saturated carbocycles. The third kappa shape index (κ3) is 2.83. The van der Waals surface area contributed by atoms with Gasteiger partial charge in [0.25, 0.3) is 0 Å². The van der Waals surface area contributed by atoms with Gasteiger partial charge in [-0.3, -0.25) is 9.59 Å². The number of carbonyl (C=O) groups is 2. The lowest BCUT2D eigenvalue weighted by atomic mass is 9.83. The fraction of sp³-hybridized carbons (Fsp3) is 0.600. The van der Waals surface area contributed by atoms with Crippen molar-refractivity contribution in [2.75, 3.05) is 19.6 Å². The highest BCUT2D eigenvalue weighted by Crippen LogP contribution is 2.36. The fourth-order valence-electron chi connectivity index (χ4n) is 4.17. The lowest BCUT2D eigenvalue weighted by Crippen LogP contribution is -2.51. The number of rotatable bonds is 3. The number of nitrogens with zero attached hydrogens (tertiary/aromatic N) is 2. The van der Waals surface area contributed by atoms with Crippen molar-refractivity contribution in [2.45, 2.75) is 44.6 Å². The minimum absolute atomic E-state index is 0.0990. The van der Waals surface area contributed by atoms with Crippen LogP contribution < -0.4 is 0 Å². The highest BCUT2D eigenvalue weighted by molar-refractivity contribution is 5.82. The summed E-state index contributed by atoms with van der Waals surface area (Å²) in [5.74, 6) is 1.00. The third-order valence-electron chi connectivity index (χ3n) is 6.10. The standard InChI is InChI=1S/C20H26N2O2/c23-19(16-7-4-8-16)21-12-9-17(10-13-21)20(24)22-14-11-18(22)15-5-2-1-3-6-15/h1-3,5-6,16-18H,4,7-14H2. The van der Waals surface area contributed by atoms with Gasteiger partial charge in [-0.2, -0.15) is 0 Å². The minimum Gasteiger partial charge on any atom is -0.342 e. The van der Waals surface area contributed by atoms with Gasteiger partial charge >= 0.3 is 0 Å². The summed E-state index contributed by atoms with van der Waals surface area (Å²) < 4.78 is 0. The zero-order valence-electron chi connectivity index (χ0n) is 14.2. The Hall–Kier alpha value is -1.84. The van der Waals surface area contributed by atoms with Gasteiger partial charge in [-0.1, -0.05) is 36.8 Å². The summed E-state index contributed by atoms with van der Waals surface area (Å²) in [5.41, 5.74) is 1.25. The van der Waals surface area contributed by atoms with Gasteiger partial charge in [-0.25, -0.2) is 0 Å². The van der Waals surface area contributed by atoms with Crippen LogP contribution in [-0.4, -0.2) is 41.2 Å². The Labute approximate surface area is 143 Å². The van der Waals surface area contributed by atoms with Crippen molar-refractivity contribution < 1.29 is 9.59 Å². The summed E-state index contributed by atoms with van der Waals surface area (Å²) in [5, 5.41) is 0. The van der Waals surface area contributed by atoms with E-state index in [0.29, 0.717) is 11.8 Å². The van der Waals surface area contributed by atoms with Gasteiger partial charge < -0.3 is 9.80 Å². The molecule has 4 rings (SSSR count). The quantitative estimate of drug-likeness (QED) is 0.857. The number of carbonyl (C=O) groups excluding carboxylic acids is 2. The Morgan fingerprint density at radius 3 is 2.00 bits per heavy atom. The maximum atomic E-state index is 12.9. The van der Waals surface area contributed by atoms with Crippen LogP contribution in [0.1, 0.15) is 50.1 Å².